The maximum Gasteiger partial charge on any atom is 0.303 e. The molecule has 0 aliphatic carbocycles. The van der Waals surface area contributed by atoms with Crippen molar-refractivity contribution in [3.8, 4) is 0 Å². The van der Waals surface area contributed by atoms with E-state index in [1.807, 2.05) is 37.3 Å². The zero-order chi connectivity index (χ0) is 21.6. The van der Waals surface area contributed by atoms with Gasteiger partial charge in [-0.25, -0.2) is 8.42 Å². The van der Waals surface area contributed by atoms with E-state index in [2.05, 4.69) is 9.71 Å². The molecule has 3 aromatic rings. The van der Waals surface area contributed by atoms with Gasteiger partial charge in [-0.05, 0) is 54.7 Å². The molecule has 0 spiro atoms. The summed E-state index contributed by atoms with van der Waals surface area (Å²) < 4.78 is 28.8. The number of aryl methyl sites for hydroxylation is 2. The summed E-state index contributed by atoms with van der Waals surface area (Å²) in [4.78, 5) is 15.0. The Morgan fingerprint density at radius 2 is 1.73 bits per heavy atom. The number of nitrogens with one attached hydrogen (secondary N) is 1. The summed E-state index contributed by atoms with van der Waals surface area (Å²) >= 11 is 0. The molecule has 1 atom stereocenters. The van der Waals surface area contributed by atoms with Gasteiger partial charge in [0, 0.05) is 18.8 Å². The van der Waals surface area contributed by atoms with Gasteiger partial charge in [-0.1, -0.05) is 48.0 Å². The maximum absolute atomic E-state index is 13.0. The molecule has 0 aliphatic heterocycles. The van der Waals surface area contributed by atoms with Crippen LogP contribution in [0.25, 0.3) is 0 Å². The van der Waals surface area contributed by atoms with Crippen LogP contribution in [0.1, 0.15) is 41.1 Å². The number of carboxylic acid groups (broad SMARTS) is 1. The average Bonchev–Trinajstić information content (AvgIpc) is 2.73. The molecule has 0 saturated heterocycles. The Balaban J connectivity index is 1.86. The van der Waals surface area contributed by atoms with E-state index in [4.69, 9.17) is 5.11 Å². The zero-order valence-corrected chi connectivity index (χ0v) is 17.5. The Kier molecular flexibility index (Phi) is 6.97. The SMILES string of the molecule is Cc1ccc(S(=O)(=O)NC(c2ccc(CCCC(=O)O)cc2)c2cccnc2)cc1. The van der Waals surface area contributed by atoms with E-state index in [0.717, 1.165) is 22.3 Å². The molecule has 156 valence electrons. The first-order chi connectivity index (χ1) is 14.3. The Morgan fingerprint density at radius 1 is 1.03 bits per heavy atom. The summed E-state index contributed by atoms with van der Waals surface area (Å²) in [5.74, 6) is -0.811. The first-order valence-corrected chi connectivity index (χ1v) is 11.1. The molecule has 1 heterocycles. The summed E-state index contributed by atoms with van der Waals surface area (Å²) in [7, 11) is -3.75. The number of pyridine rings is 1. The van der Waals surface area contributed by atoms with Crippen molar-refractivity contribution >= 4 is 16.0 Å². The summed E-state index contributed by atoms with van der Waals surface area (Å²) in [6.45, 7) is 1.90. The van der Waals surface area contributed by atoms with Crippen LogP contribution in [0.3, 0.4) is 0 Å². The Labute approximate surface area is 176 Å². The van der Waals surface area contributed by atoms with Crippen LogP contribution >= 0.6 is 0 Å². The molecular formula is C23H24N2O4S. The number of carboxylic acids is 1. The highest BCUT2D eigenvalue weighted by atomic mass is 32.2. The van der Waals surface area contributed by atoms with Gasteiger partial charge in [0.15, 0.2) is 0 Å². The number of aromatic nitrogens is 1. The van der Waals surface area contributed by atoms with Crippen molar-refractivity contribution in [2.45, 2.75) is 37.1 Å². The number of hydrogen-bond donors (Lipinski definition) is 2. The Bertz CT molecular complexity index is 1080. The molecule has 0 aliphatic rings. The summed E-state index contributed by atoms with van der Waals surface area (Å²) in [6, 6.07) is 17.2. The molecule has 0 fully saturated rings. The van der Waals surface area contributed by atoms with Gasteiger partial charge in [-0.3, -0.25) is 9.78 Å². The molecule has 0 amide bonds. The molecule has 30 heavy (non-hydrogen) atoms. The number of rotatable bonds is 9. The molecule has 0 radical (unpaired) electrons. The van der Waals surface area contributed by atoms with Crippen molar-refractivity contribution in [2.24, 2.45) is 0 Å². The predicted octanol–water partition coefficient (Wildman–Crippen LogP) is 3.87. The third-order valence-corrected chi connectivity index (χ3v) is 6.23. The Morgan fingerprint density at radius 3 is 2.33 bits per heavy atom. The van der Waals surface area contributed by atoms with Crippen molar-refractivity contribution in [1.82, 2.24) is 9.71 Å². The van der Waals surface area contributed by atoms with Crippen molar-refractivity contribution in [3.05, 3.63) is 95.3 Å². The molecule has 1 unspecified atom stereocenters. The normalized spacial score (nSPS) is 12.4. The van der Waals surface area contributed by atoms with Crippen molar-refractivity contribution < 1.29 is 18.3 Å². The average molecular weight is 425 g/mol. The van der Waals surface area contributed by atoms with Gasteiger partial charge in [0.1, 0.15) is 0 Å². The lowest BCUT2D eigenvalue weighted by molar-refractivity contribution is -0.137. The number of aliphatic carboxylic acids is 1. The van der Waals surface area contributed by atoms with E-state index in [0.29, 0.717) is 12.8 Å². The second-order valence-electron chi connectivity index (χ2n) is 7.14. The fourth-order valence-corrected chi connectivity index (χ4v) is 4.35. The van der Waals surface area contributed by atoms with Gasteiger partial charge in [-0.2, -0.15) is 4.72 Å². The van der Waals surface area contributed by atoms with E-state index < -0.39 is 22.0 Å². The number of carbonyl (C=O) groups is 1. The van der Waals surface area contributed by atoms with Crippen molar-refractivity contribution in [2.75, 3.05) is 0 Å². The lowest BCUT2D eigenvalue weighted by Gasteiger charge is -2.20. The quantitative estimate of drug-likeness (QED) is 0.544. The first kappa shape index (κ1) is 21.7. The van der Waals surface area contributed by atoms with Gasteiger partial charge in [0.2, 0.25) is 10.0 Å². The van der Waals surface area contributed by atoms with Gasteiger partial charge >= 0.3 is 5.97 Å². The van der Waals surface area contributed by atoms with Crippen molar-refractivity contribution in [3.63, 3.8) is 0 Å². The standard InChI is InChI=1S/C23H24N2O4S/c1-17-7-13-21(14-8-17)30(28,29)25-23(20-5-3-15-24-16-20)19-11-9-18(10-12-19)4-2-6-22(26)27/h3,5,7-16,23,25H,2,4,6H2,1H3,(H,26,27). The third-order valence-electron chi connectivity index (χ3n) is 4.79. The fourth-order valence-electron chi connectivity index (χ4n) is 3.14. The smallest absolute Gasteiger partial charge is 0.303 e. The molecule has 2 N–H and O–H groups in total. The van der Waals surface area contributed by atoms with E-state index >= 15 is 0 Å². The Hall–Kier alpha value is -3.03. The highest BCUT2D eigenvalue weighted by molar-refractivity contribution is 7.89. The van der Waals surface area contributed by atoms with E-state index in [1.165, 1.54) is 0 Å². The highest BCUT2D eigenvalue weighted by Crippen LogP contribution is 2.25. The van der Waals surface area contributed by atoms with Crippen molar-refractivity contribution in [1.29, 1.82) is 0 Å². The van der Waals surface area contributed by atoms with Crippen LogP contribution in [0.5, 0.6) is 0 Å². The van der Waals surface area contributed by atoms with Gasteiger partial charge in [0.05, 0.1) is 10.9 Å². The lowest BCUT2D eigenvalue weighted by Crippen LogP contribution is -2.29. The second kappa shape index (κ2) is 9.65. The molecule has 0 saturated carbocycles. The van der Waals surface area contributed by atoms with Gasteiger partial charge in [-0.15, -0.1) is 0 Å². The molecule has 3 rings (SSSR count). The molecule has 1 aromatic heterocycles. The van der Waals surface area contributed by atoms with Gasteiger partial charge < -0.3 is 5.11 Å². The monoisotopic (exact) mass is 424 g/mol. The van der Waals surface area contributed by atoms with Crippen LogP contribution < -0.4 is 4.72 Å². The summed E-state index contributed by atoms with van der Waals surface area (Å²) in [5, 5.41) is 8.78. The maximum atomic E-state index is 13.0. The van der Waals surface area contributed by atoms with E-state index in [-0.39, 0.29) is 11.3 Å². The predicted molar refractivity (Wildman–Crippen MR) is 115 cm³/mol. The topological polar surface area (TPSA) is 96.4 Å². The summed E-state index contributed by atoms with van der Waals surface area (Å²) in [6.07, 6.45) is 4.61. The van der Waals surface area contributed by atoms with Crippen LogP contribution in [0.4, 0.5) is 0 Å². The first-order valence-electron chi connectivity index (χ1n) is 9.65. The van der Waals surface area contributed by atoms with E-state index in [1.54, 1.807) is 42.7 Å². The van der Waals surface area contributed by atoms with Crippen LogP contribution in [-0.2, 0) is 21.2 Å². The van der Waals surface area contributed by atoms with Gasteiger partial charge in [0.25, 0.3) is 0 Å². The molecule has 0 bridgehead atoms. The number of sulfonamides is 1. The van der Waals surface area contributed by atoms with E-state index in [9.17, 15) is 13.2 Å². The zero-order valence-electron chi connectivity index (χ0n) is 16.7. The lowest BCUT2D eigenvalue weighted by atomic mass is 9.98. The molecular weight excluding hydrogens is 400 g/mol. The minimum Gasteiger partial charge on any atom is -0.481 e. The largest absolute Gasteiger partial charge is 0.481 e. The molecule has 2 aromatic carbocycles. The minimum absolute atomic E-state index is 0.121. The summed E-state index contributed by atoms with van der Waals surface area (Å²) in [5.41, 5.74) is 3.50. The number of benzene rings is 2. The van der Waals surface area contributed by atoms with Crippen LogP contribution in [0, 0.1) is 6.92 Å². The molecule has 6 nitrogen and oxygen atoms in total. The highest BCUT2D eigenvalue weighted by Gasteiger charge is 2.23. The number of nitrogens with zero attached hydrogens (tertiary/aromatic N) is 1. The second-order valence-corrected chi connectivity index (χ2v) is 8.86. The van der Waals surface area contributed by atoms with Crippen LogP contribution in [-0.4, -0.2) is 24.5 Å². The van der Waals surface area contributed by atoms with Crippen LogP contribution in [0.2, 0.25) is 0 Å². The fraction of sp³-hybridized carbons (Fsp3) is 0.217. The molecule has 7 heteroatoms. The third kappa shape index (κ3) is 5.75. The minimum atomic E-state index is -3.75. The van der Waals surface area contributed by atoms with Crippen LogP contribution in [0.15, 0.2) is 78.0 Å². The number of hydrogen-bond acceptors (Lipinski definition) is 4.